The number of methoxy groups -OCH3 is 1. The average Bonchev–Trinajstić information content (AvgIpc) is 3.14. The van der Waals surface area contributed by atoms with Crippen LogP contribution >= 0.6 is 11.8 Å². The van der Waals surface area contributed by atoms with Crippen molar-refractivity contribution in [2.75, 3.05) is 24.1 Å². The van der Waals surface area contributed by atoms with E-state index < -0.39 is 0 Å². The molecule has 0 aliphatic rings. The molecule has 0 spiro atoms. The van der Waals surface area contributed by atoms with Gasteiger partial charge in [0.15, 0.2) is 0 Å². The fourth-order valence-electron chi connectivity index (χ4n) is 2.45. The second-order valence-electron chi connectivity index (χ2n) is 6.26. The van der Waals surface area contributed by atoms with Crippen LogP contribution in [0.2, 0.25) is 0 Å². The number of anilines is 1. The zero-order chi connectivity index (χ0) is 21.3. The molecule has 2 aromatic carbocycles. The first kappa shape index (κ1) is 21.2. The summed E-state index contributed by atoms with van der Waals surface area (Å²) >= 11 is 1.19. The van der Waals surface area contributed by atoms with E-state index in [1.54, 1.807) is 7.11 Å². The maximum absolute atomic E-state index is 12.1. The number of carbonyl (C=O) groups is 1. The molecule has 1 heterocycles. The van der Waals surface area contributed by atoms with Crippen LogP contribution in [0.3, 0.4) is 0 Å². The van der Waals surface area contributed by atoms with E-state index in [-0.39, 0.29) is 17.6 Å². The van der Waals surface area contributed by atoms with E-state index in [1.807, 2.05) is 61.5 Å². The van der Waals surface area contributed by atoms with Crippen molar-refractivity contribution in [2.24, 2.45) is 5.10 Å². The fourth-order valence-corrected chi connectivity index (χ4v) is 3.14. The minimum Gasteiger partial charge on any atom is -0.497 e. The molecule has 30 heavy (non-hydrogen) atoms. The van der Waals surface area contributed by atoms with Crippen LogP contribution in [-0.2, 0) is 11.3 Å². The van der Waals surface area contributed by atoms with E-state index >= 15 is 0 Å². The van der Waals surface area contributed by atoms with Gasteiger partial charge in [-0.3, -0.25) is 4.79 Å². The lowest BCUT2D eigenvalue weighted by Crippen LogP contribution is -2.25. The quantitative estimate of drug-likeness (QED) is 0.208. The predicted octanol–water partition coefficient (Wildman–Crippen LogP) is 2.25. The van der Waals surface area contributed by atoms with Crippen molar-refractivity contribution in [1.29, 1.82) is 0 Å². The number of hydrogen-bond acceptors (Lipinski definition) is 8. The largest absolute Gasteiger partial charge is 0.497 e. The molecule has 10 heteroatoms. The van der Waals surface area contributed by atoms with Crippen LogP contribution in [0.5, 0.6) is 5.75 Å². The predicted molar refractivity (Wildman–Crippen MR) is 118 cm³/mol. The van der Waals surface area contributed by atoms with E-state index in [0.29, 0.717) is 11.7 Å². The van der Waals surface area contributed by atoms with Gasteiger partial charge in [0, 0.05) is 6.54 Å². The summed E-state index contributed by atoms with van der Waals surface area (Å²) in [5.41, 5.74) is 5.55. The molecule has 156 valence electrons. The number of amides is 1. The zero-order valence-corrected chi connectivity index (χ0v) is 17.5. The molecule has 0 aliphatic heterocycles. The summed E-state index contributed by atoms with van der Waals surface area (Å²) in [5, 5.41) is 15.5. The molecule has 4 N–H and O–H groups in total. The molecule has 0 unspecified atom stereocenters. The number of carbonyl (C=O) groups excluding carboxylic acids is 1. The van der Waals surface area contributed by atoms with E-state index in [4.69, 9.17) is 10.6 Å². The van der Waals surface area contributed by atoms with Crippen molar-refractivity contribution in [3.63, 3.8) is 0 Å². The number of hydrogen-bond donors (Lipinski definition) is 3. The first-order valence-electron chi connectivity index (χ1n) is 9.15. The molecule has 0 aliphatic carbocycles. The summed E-state index contributed by atoms with van der Waals surface area (Å²) in [6.07, 6.45) is 0. The average molecular weight is 426 g/mol. The zero-order valence-electron chi connectivity index (χ0n) is 16.7. The third kappa shape index (κ3) is 5.74. The van der Waals surface area contributed by atoms with Crippen LogP contribution in [0.25, 0.3) is 0 Å². The van der Waals surface area contributed by atoms with Gasteiger partial charge in [0.2, 0.25) is 11.1 Å². The number of aromatic nitrogens is 3. The smallest absolute Gasteiger partial charge is 0.264 e. The number of nitrogens with one attached hydrogen (secondary N) is 2. The molecule has 1 aromatic heterocycles. The lowest BCUT2D eigenvalue weighted by Gasteiger charge is -2.06. The number of nitrogen functional groups attached to an aromatic ring is 1. The Bertz CT molecular complexity index is 1000. The maximum atomic E-state index is 12.1. The first-order chi connectivity index (χ1) is 14.6. The molecule has 1 amide bonds. The summed E-state index contributed by atoms with van der Waals surface area (Å²) < 4.78 is 6.38. The van der Waals surface area contributed by atoms with Gasteiger partial charge >= 0.3 is 0 Å². The van der Waals surface area contributed by atoms with Crippen LogP contribution in [0, 0.1) is 0 Å². The summed E-state index contributed by atoms with van der Waals surface area (Å²) in [6, 6.07) is 17.2. The van der Waals surface area contributed by atoms with Crippen molar-refractivity contribution in [3.05, 3.63) is 65.7 Å². The third-order valence-electron chi connectivity index (χ3n) is 4.16. The SMILES string of the molecule is COc1ccc(CNC(=O)CSc2nnc(N/N=C(\C)c3ccccc3)n2N)cc1. The number of thioether (sulfide) groups is 1. The highest BCUT2D eigenvalue weighted by atomic mass is 32.2. The van der Waals surface area contributed by atoms with Crippen LogP contribution in [0.4, 0.5) is 5.95 Å². The molecule has 0 saturated carbocycles. The third-order valence-corrected chi connectivity index (χ3v) is 5.10. The number of benzene rings is 2. The van der Waals surface area contributed by atoms with E-state index in [2.05, 4.69) is 26.0 Å². The van der Waals surface area contributed by atoms with E-state index in [9.17, 15) is 4.79 Å². The molecule has 0 saturated heterocycles. The highest BCUT2D eigenvalue weighted by molar-refractivity contribution is 7.99. The van der Waals surface area contributed by atoms with Crippen molar-refractivity contribution in [3.8, 4) is 5.75 Å². The summed E-state index contributed by atoms with van der Waals surface area (Å²) in [5.74, 6) is 7.09. The van der Waals surface area contributed by atoms with Crippen LogP contribution in [0.15, 0.2) is 64.9 Å². The van der Waals surface area contributed by atoms with Gasteiger partial charge in [0.05, 0.1) is 18.6 Å². The Morgan fingerprint density at radius 3 is 2.60 bits per heavy atom. The number of rotatable bonds is 9. The highest BCUT2D eigenvalue weighted by Crippen LogP contribution is 2.17. The Balaban J connectivity index is 1.49. The number of ether oxygens (including phenoxy) is 1. The molecule has 0 radical (unpaired) electrons. The van der Waals surface area contributed by atoms with Crippen LogP contribution in [-0.4, -0.2) is 39.4 Å². The maximum Gasteiger partial charge on any atom is 0.264 e. The van der Waals surface area contributed by atoms with Crippen LogP contribution in [0.1, 0.15) is 18.1 Å². The monoisotopic (exact) mass is 425 g/mol. The summed E-state index contributed by atoms with van der Waals surface area (Å²) in [4.78, 5) is 12.1. The first-order valence-corrected chi connectivity index (χ1v) is 10.1. The highest BCUT2D eigenvalue weighted by Gasteiger charge is 2.12. The van der Waals surface area contributed by atoms with Gasteiger partial charge < -0.3 is 15.9 Å². The normalized spacial score (nSPS) is 11.2. The van der Waals surface area contributed by atoms with Gasteiger partial charge in [0.25, 0.3) is 5.95 Å². The van der Waals surface area contributed by atoms with Crippen molar-refractivity contribution in [1.82, 2.24) is 20.2 Å². The Morgan fingerprint density at radius 1 is 1.17 bits per heavy atom. The molecule has 0 atom stereocenters. The standard InChI is InChI=1S/C20H23N7O2S/c1-14(16-6-4-3-5-7-16)23-24-19-25-26-20(27(19)21)30-13-18(28)22-12-15-8-10-17(29-2)11-9-15/h3-11H,12-13,21H2,1-2H3,(H,22,28)(H,24,25)/b23-14+. The van der Waals surface area contributed by atoms with Gasteiger partial charge in [-0.2, -0.15) is 5.10 Å². The lowest BCUT2D eigenvalue weighted by molar-refractivity contribution is -0.118. The van der Waals surface area contributed by atoms with Crippen molar-refractivity contribution >= 4 is 29.3 Å². The summed E-state index contributed by atoms with van der Waals surface area (Å²) in [7, 11) is 1.61. The van der Waals surface area contributed by atoms with E-state index in [1.165, 1.54) is 16.4 Å². The lowest BCUT2D eigenvalue weighted by atomic mass is 10.1. The molecular formula is C20H23N7O2S. The van der Waals surface area contributed by atoms with Gasteiger partial charge in [-0.05, 0) is 30.2 Å². The van der Waals surface area contributed by atoms with Crippen molar-refractivity contribution < 1.29 is 9.53 Å². The summed E-state index contributed by atoms with van der Waals surface area (Å²) in [6.45, 7) is 2.31. The number of nitrogens with zero attached hydrogens (tertiary/aromatic N) is 4. The number of hydrazone groups is 1. The fraction of sp³-hybridized carbons (Fsp3) is 0.200. The van der Waals surface area contributed by atoms with Gasteiger partial charge in [-0.15, -0.1) is 10.2 Å². The minimum atomic E-state index is -0.133. The second kappa shape index (κ2) is 10.3. The van der Waals surface area contributed by atoms with Crippen molar-refractivity contribution in [2.45, 2.75) is 18.6 Å². The second-order valence-corrected chi connectivity index (χ2v) is 7.21. The molecule has 0 bridgehead atoms. The Labute approximate surface area is 178 Å². The van der Waals surface area contributed by atoms with Gasteiger partial charge in [0.1, 0.15) is 5.75 Å². The van der Waals surface area contributed by atoms with Gasteiger partial charge in [-0.1, -0.05) is 54.2 Å². The van der Waals surface area contributed by atoms with Gasteiger partial charge in [-0.25, -0.2) is 10.1 Å². The minimum absolute atomic E-state index is 0.133. The molecule has 3 aromatic rings. The molecule has 9 nitrogen and oxygen atoms in total. The number of nitrogens with two attached hydrogens (primary N) is 1. The Kier molecular flexibility index (Phi) is 7.28. The Morgan fingerprint density at radius 2 is 1.90 bits per heavy atom. The molecule has 0 fully saturated rings. The van der Waals surface area contributed by atoms with E-state index in [0.717, 1.165) is 22.6 Å². The van der Waals surface area contributed by atoms with Crippen LogP contribution < -0.4 is 21.3 Å². The topological polar surface area (TPSA) is 119 Å². The molecule has 3 rings (SSSR count). The Hall–Kier alpha value is -3.53. The molecular weight excluding hydrogens is 402 g/mol.